The molecule has 1 aromatic rings. The van der Waals surface area contributed by atoms with E-state index in [1.807, 2.05) is 30.3 Å². The number of benzene rings is 1. The van der Waals surface area contributed by atoms with Gasteiger partial charge in [-0.3, -0.25) is 19.2 Å². The minimum Gasteiger partial charge on any atom is -0.469 e. The summed E-state index contributed by atoms with van der Waals surface area (Å²) in [5.74, 6) is -1.20. The number of esters is 2. The molecule has 3 N–H and O–H groups in total. The summed E-state index contributed by atoms with van der Waals surface area (Å²) in [6, 6.07) is 8.51. The van der Waals surface area contributed by atoms with Gasteiger partial charge in [0.15, 0.2) is 0 Å². The highest BCUT2D eigenvalue weighted by molar-refractivity contribution is 5.82. The van der Waals surface area contributed by atoms with Crippen molar-refractivity contribution >= 4 is 23.8 Å². The van der Waals surface area contributed by atoms with Gasteiger partial charge in [0.05, 0.1) is 39.2 Å². The lowest BCUT2D eigenvalue weighted by atomic mass is 9.93. The zero-order chi connectivity index (χ0) is 26.2. The van der Waals surface area contributed by atoms with Gasteiger partial charge in [-0.25, -0.2) is 0 Å². The monoisotopic (exact) mass is 492 g/mol. The topological polar surface area (TPSA) is 131 Å². The molecule has 9 heteroatoms. The third-order valence-electron chi connectivity index (χ3n) is 5.66. The number of ether oxygens (including phenoxy) is 2. The summed E-state index contributed by atoms with van der Waals surface area (Å²) in [5, 5.41) is 16.9. The molecule has 2 amide bonds. The normalized spacial score (nSPS) is 13.4. The van der Waals surface area contributed by atoms with Crippen molar-refractivity contribution in [1.82, 2.24) is 10.6 Å². The zero-order valence-electron chi connectivity index (χ0n) is 21.2. The Morgan fingerprint density at radius 2 is 1.37 bits per heavy atom. The van der Waals surface area contributed by atoms with Gasteiger partial charge in [0.1, 0.15) is 0 Å². The SMILES string of the molecule is COC(=O)CCC(=O)NC(CCC(C)C)C[C@H](O)C(Cc1ccccc1)NC(=O)CCC(=O)OC. The zero-order valence-corrected chi connectivity index (χ0v) is 21.2. The minimum atomic E-state index is -0.949. The maximum Gasteiger partial charge on any atom is 0.306 e. The molecule has 0 heterocycles. The first-order valence-electron chi connectivity index (χ1n) is 12.1. The Bertz CT molecular complexity index is 798. The lowest BCUT2D eigenvalue weighted by Gasteiger charge is -2.29. The van der Waals surface area contributed by atoms with Crippen molar-refractivity contribution < 1.29 is 33.8 Å². The Kier molecular flexibility index (Phi) is 14.3. The molecule has 0 saturated carbocycles. The second-order valence-electron chi connectivity index (χ2n) is 9.05. The highest BCUT2D eigenvalue weighted by Crippen LogP contribution is 2.16. The molecular formula is C26H40N2O7. The summed E-state index contributed by atoms with van der Waals surface area (Å²) in [7, 11) is 2.54. The molecule has 0 aliphatic heterocycles. The molecule has 0 saturated heterocycles. The maximum absolute atomic E-state index is 12.5. The van der Waals surface area contributed by atoms with E-state index in [1.165, 1.54) is 14.2 Å². The predicted octanol–water partition coefficient (Wildman–Crippen LogP) is 2.29. The molecule has 2 unspecified atom stereocenters. The highest BCUT2D eigenvalue weighted by Gasteiger charge is 2.26. The van der Waals surface area contributed by atoms with Gasteiger partial charge in [0.2, 0.25) is 11.8 Å². The van der Waals surface area contributed by atoms with Crippen LogP contribution in [0.2, 0.25) is 0 Å². The van der Waals surface area contributed by atoms with Crippen LogP contribution in [0.15, 0.2) is 30.3 Å². The van der Waals surface area contributed by atoms with Gasteiger partial charge in [-0.1, -0.05) is 44.2 Å². The molecule has 0 aromatic heterocycles. The number of amides is 2. The second-order valence-corrected chi connectivity index (χ2v) is 9.05. The Labute approximate surface area is 207 Å². The molecule has 0 radical (unpaired) electrons. The third kappa shape index (κ3) is 13.5. The van der Waals surface area contributed by atoms with Crippen LogP contribution in [0, 0.1) is 5.92 Å². The first-order chi connectivity index (χ1) is 16.6. The first kappa shape index (κ1) is 30.1. The van der Waals surface area contributed by atoms with Crippen molar-refractivity contribution in [3.63, 3.8) is 0 Å². The van der Waals surface area contributed by atoms with E-state index in [2.05, 4.69) is 34.0 Å². The lowest BCUT2D eigenvalue weighted by molar-refractivity contribution is -0.142. The minimum absolute atomic E-state index is 0.00133. The molecular weight excluding hydrogens is 452 g/mol. The highest BCUT2D eigenvalue weighted by atomic mass is 16.5. The van der Waals surface area contributed by atoms with Crippen LogP contribution < -0.4 is 10.6 Å². The van der Waals surface area contributed by atoms with Crippen LogP contribution in [0.4, 0.5) is 0 Å². The van der Waals surface area contributed by atoms with Gasteiger partial charge >= 0.3 is 11.9 Å². The fraction of sp³-hybridized carbons (Fsp3) is 0.615. The number of aliphatic hydroxyl groups is 1. The summed E-state index contributed by atoms with van der Waals surface area (Å²) in [6.07, 6.45) is 1.03. The molecule has 35 heavy (non-hydrogen) atoms. The average Bonchev–Trinajstić information content (AvgIpc) is 2.84. The summed E-state index contributed by atoms with van der Waals surface area (Å²) < 4.78 is 9.18. The van der Waals surface area contributed by atoms with Crippen LogP contribution in [0.5, 0.6) is 0 Å². The van der Waals surface area contributed by atoms with Gasteiger partial charge in [-0.05, 0) is 37.2 Å². The molecule has 9 nitrogen and oxygen atoms in total. The molecule has 0 aliphatic carbocycles. The Morgan fingerprint density at radius 1 is 0.829 bits per heavy atom. The molecule has 196 valence electrons. The number of carbonyl (C=O) groups is 4. The molecule has 3 atom stereocenters. The molecule has 1 rings (SSSR count). The Balaban J connectivity index is 2.89. The van der Waals surface area contributed by atoms with E-state index >= 15 is 0 Å². The largest absolute Gasteiger partial charge is 0.469 e. The Hall–Kier alpha value is -2.94. The quantitative estimate of drug-likeness (QED) is 0.302. The standard InChI is InChI=1S/C26H40N2O7/c1-18(2)10-11-20(27-23(30)12-14-25(32)34-3)17-22(29)21(16-19-8-6-5-7-9-19)28-24(31)13-15-26(33)35-4/h5-9,18,20-22,29H,10-17H2,1-4H3,(H,27,30)(H,28,31)/t20?,21?,22-/m0/s1. The predicted molar refractivity (Wildman–Crippen MR) is 131 cm³/mol. The van der Waals surface area contributed by atoms with Crippen molar-refractivity contribution in [2.45, 2.75) is 83.4 Å². The van der Waals surface area contributed by atoms with Crippen molar-refractivity contribution in [3.8, 4) is 0 Å². The van der Waals surface area contributed by atoms with E-state index in [0.29, 0.717) is 18.8 Å². The number of rotatable bonds is 16. The van der Waals surface area contributed by atoms with Gasteiger partial charge < -0.3 is 25.2 Å². The summed E-state index contributed by atoms with van der Waals surface area (Å²) >= 11 is 0. The van der Waals surface area contributed by atoms with Crippen LogP contribution in [0.3, 0.4) is 0 Å². The maximum atomic E-state index is 12.5. The van der Waals surface area contributed by atoms with Gasteiger partial charge in [0.25, 0.3) is 0 Å². The fourth-order valence-corrected chi connectivity index (χ4v) is 3.60. The fourth-order valence-electron chi connectivity index (χ4n) is 3.60. The van der Waals surface area contributed by atoms with Crippen molar-refractivity contribution in [2.75, 3.05) is 14.2 Å². The number of carbonyl (C=O) groups excluding carboxylic acids is 4. The molecule has 0 spiro atoms. The Morgan fingerprint density at radius 3 is 1.89 bits per heavy atom. The van der Waals surface area contributed by atoms with Crippen LogP contribution in [0.1, 0.15) is 64.4 Å². The van der Waals surface area contributed by atoms with E-state index < -0.39 is 24.1 Å². The first-order valence-corrected chi connectivity index (χ1v) is 12.1. The summed E-state index contributed by atoms with van der Waals surface area (Å²) in [4.78, 5) is 47.6. The van der Waals surface area contributed by atoms with E-state index in [4.69, 9.17) is 0 Å². The number of nitrogens with one attached hydrogen (secondary N) is 2. The lowest BCUT2D eigenvalue weighted by Crippen LogP contribution is -2.48. The molecule has 0 bridgehead atoms. The molecule has 0 fully saturated rings. The average molecular weight is 493 g/mol. The van der Waals surface area contributed by atoms with E-state index in [-0.39, 0.29) is 50.0 Å². The molecule has 1 aromatic carbocycles. The van der Waals surface area contributed by atoms with Crippen molar-refractivity contribution in [3.05, 3.63) is 35.9 Å². The van der Waals surface area contributed by atoms with Crippen molar-refractivity contribution in [1.29, 1.82) is 0 Å². The summed E-state index contributed by atoms with van der Waals surface area (Å²) in [5.41, 5.74) is 0.936. The molecule has 0 aliphatic rings. The van der Waals surface area contributed by atoms with Crippen LogP contribution >= 0.6 is 0 Å². The van der Waals surface area contributed by atoms with Gasteiger partial charge in [0, 0.05) is 18.9 Å². The second kappa shape index (κ2) is 16.6. The van der Waals surface area contributed by atoms with Gasteiger partial charge in [-0.15, -0.1) is 0 Å². The number of hydrogen-bond donors (Lipinski definition) is 3. The number of methoxy groups -OCH3 is 2. The van der Waals surface area contributed by atoms with E-state index in [9.17, 15) is 24.3 Å². The van der Waals surface area contributed by atoms with Gasteiger partial charge in [-0.2, -0.15) is 0 Å². The van der Waals surface area contributed by atoms with E-state index in [1.54, 1.807) is 0 Å². The third-order valence-corrected chi connectivity index (χ3v) is 5.66. The smallest absolute Gasteiger partial charge is 0.306 e. The van der Waals surface area contributed by atoms with Crippen LogP contribution in [-0.4, -0.2) is 61.3 Å². The van der Waals surface area contributed by atoms with E-state index in [0.717, 1.165) is 12.0 Å². The number of aliphatic hydroxyl groups excluding tert-OH is 1. The van der Waals surface area contributed by atoms with Crippen LogP contribution in [-0.2, 0) is 35.1 Å². The number of hydrogen-bond acceptors (Lipinski definition) is 7. The van der Waals surface area contributed by atoms with Crippen molar-refractivity contribution in [2.24, 2.45) is 5.92 Å². The van der Waals surface area contributed by atoms with Crippen LogP contribution in [0.25, 0.3) is 0 Å². The summed E-state index contributed by atoms with van der Waals surface area (Å²) in [6.45, 7) is 4.15.